The minimum atomic E-state index is -0.388. The van der Waals surface area contributed by atoms with E-state index in [1.807, 2.05) is 66.7 Å². The number of hydrogen-bond donors (Lipinski definition) is 2. The third-order valence-electron chi connectivity index (χ3n) is 6.40. The number of anilines is 2. The predicted octanol–water partition coefficient (Wildman–Crippen LogP) is 6.34. The van der Waals surface area contributed by atoms with Gasteiger partial charge in [-0.1, -0.05) is 41.9 Å². The van der Waals surface area contributed by atoms with E-state index in [-0.39, 0.29) is 17.7 Å². The van der Waals surface area contributed by atoms with Crippen LogP contribution < -0.4 is 20.1 Å². The standard InChI is InChI=1S/C27H25ClN2O3/c1-32-17-11-12-25(33-2)19(15-17)27-26-23(29-21-9-5-6-10-22(21)30-27)13-16(14-24(26)31)18-7-3-4-8-20(18)28/h3-12,15-16,27,29-30H,13-14H2,1-2H3/t16-,27-/m0/s1. The summed E-state index contributed by atoms with van der Waals surface area (Å²) in [5.41, 5.74) is 5.34. The van der Waals surface area contributed by atoms with Gasteiger partial charge in [0.15, 0.2) is 5.78 Å². The van der Waals surface area contributed by atoms with E-state index in [0.717, 1.165) is 33.8 Å². The Morgan fingerprint density at radius 3 is 2.39 bits per heavy atom. The van der Waals surface area contributed by atoms with Gasteiger partial charge in [0.1, 0.15) is 11.5 Å². The molecule has 1 aliphatic carbocycles. The lowest BCUT2D eigenvalue weighted by atomic mass is 9.78. The Bertz CT molecular complexity index is 1250. The Kier molecular flexibility index (Phi) is 5.73. The van der Waals surface area contributed by atoms with Crippen molar-refractivity contribution >= 4 is 28.8 Å². The lowest BCUT2D eigenvalue weighted by Gasteiger charge is -2.30. The number of carbonyl (C=O) groups excluding carboxylic acids is 1. The predicted molar refractivity (Wildman–Crippen MR) is 131 cm³/mol. The number of benzene rings is 3. The van der Waals surface area contributed by atoms with Crippen LogP contribution in [-0.2, 0) is 4.79 Å². The minimum absolute atomic E-state index is 0.00978. The highest BCUT2D eigenvalue weighted by atomic mass is 35.5. The van der Waals surface area contributed by atoms with Crippen molar-refractivity contribution in [1.29, 1.82) is 0 Å². The van der Waals surface area contributed by atoms with Gasteiger partial charge in [0, 0.05) is 28.3 Å². The zero-order valence-corrected chi connectivity index (χ0v) is 19.3. The van der Waals surface area contributed by atoms with Gasteiger partial charge >= 0.3 is 0 Å². The van der Waals surface area contributed by atoms with Crippen LogP contribution in [0, 0.1) is 0 Å². The van der Waals surface area contributed by atoms with E-state index in [9.17, 15) is 4.79 Å². The summed E-state index contributed by atoms with van der Waals surface area (Å²) in [6.07, 6.45) is 1.08. The highest BCUT2D eigenvalue weighted by Gasteiger charge is 2.37. The molecule has 5 rings (SSSR count). The van der Waals surface area contributed by atoms with Crippen LogP contribution in [0.25, 0.3) is 0 Å². The van der Waals surface area contributed by atoms with Crippen molar-refractivity contribution in [3.63, 3.8) is 0 Å². The van der Waals surface area contributed by atoms with Gasteiger partial charge in [-0.25, -0.2) is 0 Å². The molecule has 1 aliphatic heterocycles. The van der Waals surface area contributed by atoms with Gasteiger partial charge in [-0.05, 0) is 54.3 Å². The fraction of sp³-hybridized carbons (Fsp3) is 0.222. The van der Waals surface area contributed by atoms with Crippen LogP contribution in [0.5, 0.6) is 11.5 Å². The summed E-state index contributed by atoms with van der Waals surface area (Å²) in [5, 5.41) is 7.84. The normalized spacial score (nSPS) is 19.5. The van der Waals surface area contributed by atoms with Gasteiger partial charge in [0.05, 0.1) is 31.6 Å². The Hall–Kier alpha value is -3.44. The first kappa shape index (κ1) is 21.4. The third kappa shape index (κ3) is 3.93. The van der Waals surface area contributed by atoms with E-state index in [1.54, 1.807) is 14.2 Å². The number of rotatable bonds is 4. The van der Waals surface area contributed by atoms with Crippen molar-refractivity contribution < 1.29 is 14.3 Å². The summed E-state index contributed by atoms with van der Waals surface area (Å²) in [5.74, 6) is 1.50. The maximum Gasteiger partial charge on any atom is 0.163 e. The number of halogens is 1. The summed E-state index contributed by atoms with van der Waals surface area (Å²) in [6, 6.07) is 21.0. The number of nitrogens with one attached hydrogen (secondary N) is 2. The summed E-state index contributed by atoms with van der Waals surface area (Å²) in [4.78, 5) is 13.7. The topological polar surface area (TPSA) is 59.6 Å². The highest BCUT2D eigenvalue weighted by molar-refractivity contribution is 6.31. The summed E-state index contributed by atoms with van der Waals surface area (Å²) in [7, 11) is 3.27. The van der Waals surface area contributed by atoms with E-state index in [0.29, 0.717) is 29.4 Å². The van der Waals surface area contributed by atoms with Crippen LogP contribution >= 0.6 is 11.6 Å². The van der Waals surface area contributed by atoms with E-state index in [1.165, 1.54) is 0 Å². The molecule has 0 radical (unpaired) electrons. The van der Waals surface area contributed by atoms with Crippen molar-refractivity contribution in [2.75, 3.05) is 24.9 Å². The van der Waals surface area contributed by atoms with Crippen molar-refractivity contribution in [3.8, 4) is 11.5 Å². The molecule has 6 heteroatoms. The molecule has 3 aromatic carbocycles. The molecule has 3 aromatic rings. The lowest BCUT2D eigenvalue weighted by molar-refractivity contribution is -0.116. The number of ether oxygens (including phenoxy) is 2. The maximum atomic E-state index is 13.7. The van der Waals surface area contributed by atoms with E-state index >= 15 is 0 Å². The zero-order chi connectivity index (χ0) is 22.9. The SMILES string of the molecule is COc1ccc(OC)c([C@@H]2Nc3ccccc3NC3=C2C(=O)C[C@@H](c2ccccc2Cl)C3)c1. The molecule has 2 atom stereocenters. The van der Waals surface area contributed by atoms with E-state index in [4.69, 9.17) is 21.1 Å². The molecular weight excluding hydrogens is 436 g/mol. The quantitative estimate of drug-likeness (QED) is 0.476. The van der Waals surface area contributed by atoms with Crippen LogP contribution in [0.1, 0.15) is 35.9 Å². The van der Waals surface area contributed by atoms with Crippen LogP contribution in [-0.4, -0.2) is 20.0 Å². The Morgan fingerprint density at radius 1 is 0.879 bits per heavy atom. The molecule has 0 bridgehead atoms. The molecular formula is C27H25ClN2O3. The van der Waals surface area contributed by atoms with Gasteiger partial charge in [0.25, 0.3) is 0 Å². The van der Waals surface area contributed by atoms with E-state index in [2.05, 4.69) is 10.6 Å². The van der Waals surface area contributed by atoms with Crippen LogP contribution in [0.3, 0.4) is 0 Å². The Balaban J connectivity index is 1.66. The molecule has 0 saturated carbocycles. The molecule has 0 unspecified atom stereocenters. The second-order valence-corrected chi connectivity index (χ2v) is 8.71. The number of allylic oxidation sites excluding steroid dienone is 1. The average Bonchev–Trinajstić information content (AvgIpc) is 3.00. The molecule has 0 fully saturated rings. The molecule has 33 heavy (non-hydrogen) atoms. The Labute approximate surface area is 198 Å². The summed E-state index contributed by atoms with van der Waals surface area (Å²) >= 11 is 6.50. The number of ketones is 1. The average molecular weight is 461 g/mol. The fourth-order valence-electron chi connectivity index (χ4n) is 4.82. The van der Waals surface area contributed by atoms with E-state index < -0.39 is 0 Å². The smallest absolute Gasteiger partial charge is 0.163 e. The minimum Gasteiger partial charge on any atom is -0.497 e. The highest BCUT2D eigenvalue weighted by Crippen LogP contribution is 2.47. The first-order valence-corrected chi connectivity index (χ1v) is 11.3. The number of para-hydroxylation sites is 2. The number of Topliss-reactive ketones (excluding diaryl/α,β-unsaturated/α-hetero) is 1. The number of methoxy groups -OCH3 is 2. The van der Waals surface area contributed by atoms with Crippen molar-refractivity contribution in [2.24, 2.45) is 0 Å². The molecule has 2 N–H and O–H groups in total. The van der Waals surface area contributed by atoms with Crippen molar-refractivity contribution in [1.82, 2.24) is 0 Å². The molecule has 5 nitrogen and oxygen atoms in total. The molecule has 0 aromatic heterocycles. The number of fused-ring (bicyclic) bond motifs is 1. The molecule has 168 valence electrons. The zero-order valence-electron chi connectivity index (χ0n) is 18.5. The second-order valence-electron chi connectivity index (χ2n) is 8.30. The van der Waals surface area contributed by atoms with Crippen molar-refractivity contribution in [2.45, 2.75) is 24.8 Å². The fourth-order valence-corrected chi connectivity index (χ4v) is 5.11. The Morgan fingerprint density at radius 2 is 1.64 bits per heavy atom. The van der Waals surface area contributed by atoms with Gasteiger partial charge in [-0.15, -0.1) is 0 Å². The molecule has 0 saturated heterocycles. The van der Waals surface area contributed by atoms with Gasteiger partial charge in [-0.3, -0.25) is 4.79 Å². The third-order valence-corrected chi connectivity index (χ3v) is 6.75. The molecule has 1 heterocycles. The second kappa shape index (κ2) is 8.83. The number of carbonyl (C=O) groups is 1. The molecule has 0 amide bonds. The van der Waals surface area contributed by atoms with Crippen LogP contribution in [0.15, 0.2) is 78.0 Å². The molecule has 2 aliphatic rings. The first-order valence-electron chi connectivity index (χ1n) is 10.9. The summed E-state index contributed by atoms with van der Waals surface area (Å²) < 4.78 is 11.2. The van der Waals surface area contributed by atoms with Crippen LogP contribution in [0.4, 0.5) is 11.4 Å². The van der Waals surface area contributed by atoms with Crippen LogP contribution in [0.2, 0.25) is 5.02 Å². The monoisotopic (exact) mass is 460 g/mol. The number of hydrogen-bond acceptors (Lipinski definition) is 5. The lowest BCUT2D eigenvalue weighted by Crippen LogP contribution is -2.27. The van der Waals surface area contributed by atoms with Gasteiger partial charge in [0.2, 0.25) is 0 Å². The van der Waals surface area contributed by atoms with Gasteiger partial charge in [-0.2, -0.15) is 0 Å². The first-order chi connectivity index (χ1) is 16.1. The van der Waals surface area contributed by atoms with Gasteiger partial charge < -0.3 is 20.1 Å². The summed E-state index contributed by atoms with van der Waals surface area (Å²) in [6.45, 7) is 0. The largest absolute Gasteiger partial charge is 0.497 e. The molecule has 0 spiro atoms. The maximum absolute atomic E-state index is 13.7. The van der Waals surface area contributed by atoms with Crippen molar-refractivity contribution in [3.05, 3.63) is 94.1 Å².